The lowest BCUT2D eigenvalue weighted by atomic mass is 10.00. The Balaban J connectivity index is 2.04. The Labute approximate surface area is 194 Å². The van der Waals surface area contributed by atoms with E-state index < -0.39 is 0 Å². The van der Waals surface area contributed by atoms with E-state index >= 15 is 0 Å². The van der Waals surface area contributed by atoms with Crippen molar-refractivity contribution in [2.45, 2.75) is 128 Å². The van der Waals surface area contributed by atoms with Crippen LogP contribution in [0.15, 0.2) is 24.3 Å². The second kappa shape index (κ2) is 18.9. The minimum atomic E-state index is -0.300. The highest BCUT2D eigenvalue weighted by Gasteiger charge is 2.40. The number of ether oxygens (including phenoxy) is 2. The topological polar surface area (TPSA) is 21.7 Å². The molecule has 0 saturated carbocycles. The standard InChI is InChI=1S/C28H53NO2/c1-5-7-9-10-11-12-13-14-15-16-17-18-19-20-21-22-24-28(23-8-6-2)30-26-27(31-28)25-29(3)4/h11-12,14-15,27H,5-10,13,16-26H2,1-4H3. The van der Waals surface area contributed by atoms with Crippen LogP contribution in [0.5, 0.6) is 0 Å². The Hall–Kier alpha value is -0.640. The normalized spacial score (nSPS) is 21.9. The van der Waals surface area contributed by atoms with E-state index in [0.717, 1.165) is 32.4 Å². The molecule has 3 nitrogen and oxygen atoms in total. The maximum Gasteiger partial charge on any atom is 0.168 e. The minimum Gasteiger partial charge on any atom is -0.347 e. The van der Waals surface area contributed by atoms with Gasteiger partial charge in [0.1, 0.15) is 0 Å². The largest absolute Gasteiger partial charge is 0.347 e. The van der Waals surface area contributed by atoms with Crippen molar-refractivity contribution in [3.8, 4) is 0 Å². The molecule has 182 valence electrons. The molecule has 0 spiro atoms. The zero-order valence-corrected chi connectivity index (χ0v) is 21.4. The van der Waals surface area contributed by atoms with Gasteiger partial charge in [0.25, 0.3) is 0 Å². The van der Waals surface area contributed by atoms with Gasteiger partial charge in [-0.1, -0.05) is 83.1 Å². The molecule has 2 unspecified atom stereocenters. The van der Waals surface area contributed by atoms with E-state index in [9.17, 15) is 0 Å². The van der Waals surface area contributed by atoms with Gasteiger partial charge in [-0.3, -0.25) is 0 Å². The van der Waals surface area contributed by atoms with Crippen LogP contribution in [-0.2, 0) is 9.47 Å². The summed E-state index contributed by atoms with van der Waals surface area (Å²) in [6.07, 6.45) is 29.6. The van der Waals surface area contributed by atoms with E-state index in [1.807, 2.05) is 0 Å². The fourth-order valence-corrected chi connectivity index (χ4v) is 4.33. The molecule has 2 atom stereocenters. The van der Waals surface area contributed by atoms with Crippen LogP contribution in [0.2, 0.25) is 0 Å². The summed E-state index contributed by atoms with van der Waals surface area (Å²) in [5.74, 6) is -0.300. The lowest BCUT2D eigenvalue weighted by molar-refractivity contribution is -0.180. The fourth-order valence-electron chi connectivity index (χ4n) is 4.33. The molecular formula is C28H53NO2. The van der Waals surface area contributed by atoms with Crippen LogP contribution < -0.4 is 0 Å². The number of hydrogen-bond acceptors (Lipinski definition) is 3. The van der Waals surface area contributed by atoms with Gasteiger partial charge >= 0.3 is 0 Å². The first kappa shape index (κ1) is 28.4. The second-order valence-corrected chi connectivity index (χ2v) is 9.66. The summed E-state index contributed by atoms with van der Waals surface area (Å²) in [5.41, 5.74) is 0. The summed E-state index contributed by atoms with van der Waals surface area (Å²) in [5, 5.41) is 0. The van der Waals surface area contributed by atoms with E-state index in [2.05, 4.69) is 57.1 Å². The lowest BCUT2D eigenvalue weighted by Crippen LogP contribution is -2.33. The molecule has 1 saturated heterocycles. The third-order valence-electron chi connectivity index (χ3n) is 6.15. The first-order valence-electron chi connectivity index (χ1n) is 13.4. The van der Waals surface area contributed by atoms with Crippen molar-refractivity contribution in [1.82, 2.24) is 4.90 Å². The molecule has 1 aliphatic heterocycles. The predicted molar refractivity (Wildman–Crippen MR) is 136 cm³/mol. The van der Waals surface area contributed by atoms with Gasteiger partial charge in [0, 0.05) is 19.4 Å². The third kappa shape index (κ3) is 14.9. The number of hydrogen-bond donors (Lipinski definition) is 0. The summed E-state index contributed by atoms with van der Waals surface area (Å²) in [6.45, 7) is 6.22. The van der Waals surface area contributed by atoms with Gasteiger partial charge in [-0.15, -0.1) is 0 Å². The zero-order valence-electron chi connectivity index (χ0n) is 21.4. The molecule has 0 N–H and O–H groups in total. The Morgan fingerprint density at radius 1 is 0.742 bits per heavy atom. The van der Waals surface area contributed by atoms with Gasteiger partial charge in [-0.2, -0.15) is 0 Å². The highest BCUT2D eigenvalue weighted by Crippen LogP contribution is 2.34. The SMILES string of the molecule is CCCCCC=CCC=CCCCCCCCCC1(CCCC)OCC(CN(C)C)O1. The van der Waals surface area contributed by atoms with E-state index in [1.165, 1.54) is 83.5 Å². The van der Waals surface area contributed by atoms with E-state index in [0.29, 0.717) is 0 Å². The molecule has 0 amide bonds. The third-order valence-corrected chi connectivity index (χ3v) is 6.15. The first-order chi connectivity index (χ1) is 15.1. The quantitative estimate of drug-likeness (QED) is 0.143. The molecule has 1 heterocycles. The van der Waals surface area contributed by atoms with Gasteiger partial charge in [0.2, 0.25) is 0 Å². The van der Waals surface area contributed by atoms with E-state index in [1.54, 1.807) is 0 Å². The molecule has 0 aliphatic carbocycles. The minimum absolute atomic E-state index is 0.233. The molecule has 0 radical (unpaired) electrons. The van der Waals surface area contributed by atoms with Gasteiger partial charge in [0.05, 0.1) is 12.7 Å². The summed E-state index contributed by atoms with van der Waals surface area (Å²) in [6, 6.07) is 0. The van der Waals surface area contributed by atoms with Crippen molar-refractivity contribution in [3.05, 3.63) is 24.3 Å². The van der Waals surface area contributed by atoms with Crippen LogP contribution in [-0.4, -0.2) is 44.0 Å². The molecular weight excluding hydrogens is 382 g/mol. The van der Waals surface area contributed by atoms with Crippen LogP contribution in [0.25, 0.3) is 0 Å². The summed E-state index contributed by atoms with van der Waals surface area (Å²) < 4.78 is 12.6. The molecule has 1 rings (SSSR count). The monoisotopic (exact) mass is 435 g/mol. The summed E-state index contributed by atoms with van der Waals surface area (Å²) in [4.78, 5) is 2.20. The molecule has 0 bridgehead atoms. The lowest BCUT2D eigenvalue weighted by Gasteiger charge is -2.28. The maximum absolute atomic E-state index is 6.41. The Morgan fingerprint density at radius 2 is 1.32 bits per heavy atom. The molecule has 0 aromatic carbocycles. The molecule has 1 fully saturated rings. The zero-order chi connectivity index (χ0) is 22.6. The maximum atomic E-state index is 6.41. The van der Waals surface area contributed by atoms with E-state index in [4.69, 9.17) is 9.47 Å². The van der Waals surface area contributed by atoms with Crippen LogP contribution in [0, 0.1) is 0 Å². The van der Waals surface area contributed by atoms with Crippen molar-refractivity contribution in [3.63, 3.8) is 0 Å². The fraction of sp³-hybridized carbons (Fsp3) is 0.857. The number of unbranched alkanes of at least 4 members (excludes halogenated alkanes) is 10. The van der Waals surface area contributed by atoms with Crippen molar-refractivity contribution in [2.75, 3.05) is 27.2 Å². The van der Waals surface area contributed by atoms with Gasteiger partial charge in [-0.25, -0.2) is 0 Å². The van der Waals surface area contributed by atoms with Gasteiger partial charge in [-0.05, 0) is 59.0 Å². The molecule has 1 aliphatic rings. The average molecular weight is 436 g/mol. The molecule has 0 aromatic rings. The Kier molecular flexibility index (Phi) is 17.3. The number of rotatable bonds is 20. The van der Waals surface area contributed by atoms with Crippen LogP contribution in [0.1, 0.15) is 117 Å². The number of allylic oxidation sites excluding steroid dienone is 4. The molecule has 0 aromatic heterocycles. The first-order valence-corrected chi connectivity index (χ1v) is 13.4. The summed E-state index contributed by atoms with van der Waals surface area (Å²) in [7, 11) is 4.22. The van der Waals surface area contributed by atoms with Gasteiger partial charge in [0.15, 0.2) is 5.79 Å². The smallest absolute Gasteiger partial charge is 0.168 e. The van der Waals surface area contributed by atoms with Crippen molar-refractivity contribution < 1.29 is 9.47 Å². The molecule has 3 heteroatoms. The number of nitrogens with zero attached hydrogens (tertiary/aromatic N) is 1. The Morgan fingerprint density at radius 3 is 1.97 bits per heavy atom. The second-order valence-electron chi connectivity index (χ2n) is 9.66. The van der Waals surface area contributed by atoms with Crippen molar-refractivity contribution in [1.29, 1.82) is 0 Å². The number of likely N-dealkylation sites (N-methyl/N-ethyl adjacent to an activating group) is 1. The average Bonchev–Trinajstić information content (AvgIpc) is 3.14. The van der Waals surface area contributed by atoms with Crippen LogP contribution in [0.4, 0.5) is 0 Å². The van der Waals surface area contributed by atoms with Crippen LogP contribution in [0.3, 0.4) is 0 Å². The van der Waals surface area contributed by atoms with Crippen LogP contribution >= 0.6 is 0 Å². The highest BCUT2D eigenvalue weighted by molar-refractivity contribution is 4.92. The van der Waals surface area contributed by atoms with Crippen molar-refractivity contribution in [2.24, 2.45) is 0 Å². The van der Waals surface area contributed by atoms with E-state index in [-0.39, 0.29) is 11.9 Å². The predicted octanol–water partition coefficient (Wildman–Crippen LogP) is 8.05. The van der Waals surface area contributed by atoms with Crippen molar-refractivity contribution >= 4 is 0 Å². The highest BCUT2D eigenvalue weighted by atomic mass is 16.7. The Bertz CT molecular complexity index is 460. The van der Waals surface area contributed by atoms with Gasteiger partial charge < -0.3 is 14.4 Å². The molecule has 31 heavy (non-hydrogen) atoms. The summed E-state index contributed by atoms with van der Waals surface area (Å²) >= 11 is 0.